The highest BCUT2D eigenvalue weighted by Crippen LogP contribution is 2.27. The summed E-state index contributed by atoms with van der Waals surface area (Å²) >= 11 is 6.69. The summed E-state index contributed by atoms with van der Waals surface area (Å²) in [6, 6.07) is 1.57. The summed E-state index contributed by atoms with van der Waals surface area (Å²) < 4.78 is 1.64. The molecule has 16 heavy (non-hydrogen) atoms. The Kier molecular flexibility index (Phi) is 5.37. The molecule has 90 valence electrons. The number of hydrogen-bond donors (Lipinski definition) is 2. The second-order valence-corrected chi connectivity index (χ2v) is 6.03. The van der Waals surface area contributed by atoms with Crippen LogP contribution >= 0.6 is 31.9 Å². The number of rotatable bonds is 4. The summed E-state index contributed by atoms with van der Waals surface area (Å²) in [4.78, 5) is 4.18. The van der Waals surface area contributed by atoms with Crippen LogP contribution in [0.5, 0.6) is 0 Å². The molecule has 0 spiro atoms. The predicted octanol–water partition coefficient (Wildman–Crippen LogP) is 3.01. The van der Waals surface area contributed by atoms with E-state index in [1.807, 2.05) is 6.07 Å². The van der Waals surface area contributed by atoms with Crippen molar-refractivity contribution in [1.82, 2.24) is 4.98 Å². The fraction of sp³-hybridized carbons (Fsp3) is 0.545. The molecule has 2 atom stereocenters. The zero-order valence-electron chi connectivity index (χ0n) is 9.32. The molecule has 3 nitrogen and oxygen atoms in total. The van der Waals surface area contributed by atoms with Crippen LogP contribution in [0.3, 0.4) is 0 Å². The minimum atomic E-state index is -0.732. The highest BCUT2D eigenvalue weighted by molar-refractivity contribution is 9.11. The maximum absolute atomic E-state index is 10.1. The third kappa shape index (κ3) is 3.80. The minimum absolute atomic E-state index is 0.287. The topological polar surface area (TPSA) is 59.1 Å². The molecule has 0 radical (unpaired) electrons. The summed E-state index contributed by atoms with van der Waals surface area (Å²) in [6.07, 6.45) is 1.70. The van der Waals surface area contributed by atoms with Gasteiger partial charge in [0.1, 0.15) is 6.10 Å². The SMILES string of the molecule is CC(C)CC(N)C(O)c1ncc(Br)cc1Br. The Bertz CT molecular complexity index is 358. The zero-order valence-corrected chi connectivity index (χ0v) is 12.5. The summed E-state index contributed by atoms with van der Waals surface area (Å²) in [5.41, 5.74) is 6.53. The molecule has 5 heteroatoms. The van der Waals surface area contributed by atoms with Gasteiger partial charge in [-0.15, -0.1) is 0 Å². The van der Waals surface area contributed by atoms with Crippen molar-refractivity contribution in [3.63, 3.8) is 0 Å². The van der Waals surface area contributed by atoms with E-state index in [0.717, 1.165) is 15.4 Å². The van der Waals surface area contributed by atoms with Crippen molar-refractivity contribution < 1.29 is 5.11 Å². The number of aliphatic hydroxyl groups is 1. The second-order valence-electron chi connectivity index (χ2n) is 4.26. The molecule has 0 aliphatic rings. The fourth-order valence-electron chi connectivity index (χ4n) is 1.52. The van der Waals surface area contributed by atoms with Gasteiger partial charge in [0.15, 0.2) is 0 Å². The Balaban J connectivity index is 2.83. The van der Waals surface area contributed by atoms with Gasteiger partial charge in [-0.25, -0.2) is 0 Å². The molecular weight excluding hydrogens is 336 g/mol. The highest BCUT2D eigenvalue weighted by Gasteiger charge is 2.21. The lowest BCUT2D eigenvalue weighted by atomic mass is 9.98. The smallest absolute Gasteiger partial charge is 0.112 e. The third-order valence-corrected chi connectivity index (χ3v) is 3.33. The van der Waals surface area contributed by atoms with Crippen molar-refractivity contribution in [2.45, 2.75) is 32.4 Å². The zero-order chi connectivity index (χ0) is 12.3. The van der Waals surface area contributed by atoms with E-state index in [-0.39, 0.29) is 6.04 Å². The van der Waals surface area contributed by atoms with Crippen LogP contribution in [0.4, 0.5) is 0 Å². The molecule has 0 amide bonds. The second kappa shape index (κ2) is 6.10. The van der Waals surface area contributed by atoms with E-state index in [2.05, 4.69) is 50.7 Å². The van der Waals surface area contributed by atoms with Gasteiger partial charge in [-0.3, -0.25) is 4.98 Å². The first-order valence-corrected chi connectivity index (χ1v) is 6.75. The molecule has 0 aliphatic heterocycles. The van der Waals surface area contributed by atoms with Gasteiger partial charge in [-0.1, -0.05) is 13.8 Å². The number of nitrogens with zero attached hydrogens (tertiary/aromatic N) is 1. The number of hydrogen-bond acceptors (Lipinski definition) is 3. The van der Waals surface area contributed by atoms with Gasteiger partial charge in [0.25, 0.3) is 0 Å². The van der Waals surface area contributed by atoms with Crippen molar-refractivity contribution in [2.24, 2.45) is 11.7 Å². The van der Waals surface area contributed by atoms with E-state index >= 15 is 0 Å². The Morgan fingerprint density at radius 3 is 2.56 bits per heavy atom. The van der Waals surface area contributed by atoms with E-state index in [4.69, 9.17) is 5.73 Å². The van der Waals surface area contributed by atoms with Gasteiger partial charge < -0.3 is 10.8 Å². The average Bonchev–Trinajstić information content (AvgIpc) is 2.15. The highest BCUT2D eigenvalue weighted by atomic mass is 79.9. The molecule has 0 saturated carbocycles. The molecule has 1 aromatic rings. The fourth-order valence-corrected chi connectivity index (χ4v) is 2.74. The summed E-state index contributed by atoms with van der Waals surface area (Å²) in [5, 5.41) is 10.1. The van der Waals surface area contributed by atoms with Gasteiger partial charge in [0, 0.05) is 21.2 Å². The molecule has 1 rings (SSSR count). The van der Waals surface area contributed by atoms with Gasteiger partial charge in [-0.2, -0.15) is 0 Å². The maximum Gasteiger partial charge on any atom is 0.112 e. The third-order valence-electron chi connectivity index (χ3n) is 2.27. The van der Waals surface area contributed by atoms with Crippen LogP contribution in [-0.2, 0) is 0 Å². The Morgan fingerprint density at radius 1 is 1.44 bits per heavy atom. The van der Waals surface area contributed by atoms with Gasteiger partial charge in [0.2, 0.25) is 0 Å². The van der Waals surface area contributed by atoms with Gasteiger partial charge in [0.05, 0.1) is 5.69 Å². The van der Waals surface area contributed by atoms with E-state index in [0.29, 0.717) is 11.6 Å². The maximum atomic E-state index is 10.1. The van der Waals surface area contributed by atoms with Crippen LogP contribution in [-0.4, -0.2) is 16.1 Å². The first kappa shape index (κ1) is 14.1. The number of halogens is 2. The first-order valence-electron chi connectivity index (χ1n) is 5.16. The Morgan fingerprint density at radius 2 is 2.06 bits per heavy atom. The van der Waals surface area contributed by atoms with Crippen molar-refractivity contribution in [1.29, 1.82) is 0 Å². The van der Waals surface area contributed by atoms with Crippen LogP contribution in [0.25, 0.3) is 0 Å². The van der Waals surface area contributed by atoms with Gasteiger partial charge >= 0.3 is 0 Å². The molecule has 2 unspecified atom stereocenters. The van der Waals surface area contributed by atoms with Crippen LogP contribution in [0.2, 0.25) is 0 Å². The lowest BCUT2D eigenvalue weighted by molar-refractivity contribution is 0.131. The van der Waals surface area contributed by atoms with E-state index in [1.165, 1.54) is 0 Å². The molecule has 0 aliphatic carbocycles. The normalized spacial score (nSPS) is 15.2. The Hall–Kier alpha value is 0.0300. The number of pyridine rings is 1. The van der Waals surface area contributed by atoms with E-state index in [9.17, 15) is 5.11 Å². The van der Waals surface area contributed by atoms with E-state index < -0.39 is 6.10 Å². The first-order chi connectivity index (χ1) is 7.41. The largest absolute Gasteiger partial charge is 0.385 e. The Labute approximate surface area is 113 Å². The molecule has 0 fully saturated rings. The van der Waals surface area contributed by atoms with Crippen LogP contribution in [0.15, 0.2) is 21.2 Å². The van der Waals surface area contributed by atoms with E-state index in [1.54, 1.807) is 6.20 Å². The monoisotopic (exact) mass is 350 g/mol. The molecule has 0 saturated heterocycles. The molecule has 0 bridgehead atoms. The van der Waals surface area contributed by atoms with Crippen LogP contribution < -0.4 is 5.73 Å². The quantitative estimate of drug-likeness (QED) is 0.876. The van der Waals surface area contributed by atoms with Crippen molar-refractivity contribution in [3.8, 4) is 0 Å². The van der Waals surface area contributed by atoms with Crippen LogP contribution in [0, 0.1) is 5.92 Å². The van der Waals surface area contributed by atoms with Gasteiger partial charge in [-0.05, 0) is 50.3 Å². The summed E-state index contributed by atoms with van der Waals surface area (Å²) in [7, 11) is 0. The predicted molar refractivity (Wildman–Crippen MR) is 72.0 cm³/mol. The van der Waals surface area contributed by atoms with Crippen molar-refractivity contribution in [3.05, 3.63) is 26.9 Å². The number of nitrogens with two attached hydrogens (primary N) is 1. The lowest BCUT2D eigenvalue weighted by Crippen LogP contribution is -2.30. The molecular formula is C11H16Br2N2O. The van der Waals surface area contributed by atoms with Crippen molar-refractivity contribution in [2.75, 3.05) is 0 Å². The molecule has 0 aromatic carbocycles. The number of aliphatic hydroxyl groups excluding tert-OH is 1. The van der Waals surface area contributed by atoms with Crippen LogP contribution in [0.1, 0.15) is 32.1 Å². The standard InChI is InChI=1S/C11H16Br2N2O/c1-6(2)3-9(14)11(16)10-8(13)4-7(12)5-15-10/h4-6,9,11,16H,3,14H2,1-2H3. The number of aromatic nitrogens is 1. The minimum Gasteiger partial charge on any atom is -0.385 e. The average molecular weight is 352 g/mol. The molecule has 3 N–H and O–H groups in total. The molecule has 1 heterocycles. The van der Waals surface area contributed by atoms with Crippen molar-refractivity contribution >= 4 is 31.9 Å². The molecule has 1 aromatic heterocycles. The summed E-state index contributed by atoms with van der Waals surface area (Å²) in [5.74, 6) is 0.457. The lowest BCUT2D eigenvalue weighted by Gasteiger charge is -2.21. The summed E-state index contributed by atoms with van der Waals surface area (Å²) in [6.45, 7) is 4.16.